The largest absolute Gasteiger partial charge is 0.324 e. The molecule has 0 bridgehead atoms. The maximum Gasteiger partial charge on any atom is 0.321 e. The van der Waals surface area contributed by atoms with Crippen LogP contribution in [0.15, 0.2) is 37.2 Å². The molecule has 0 radical (unpaired) electrons. The fraction of sp³-hybridized carbons (Fsp3) is 0.312. The van der Waals surface area contributed by atoms with E-state index in [2.05, 4.69) is 30.6 Å². The molecule has 1 aromatic carbocycles. The van der Waals surface area contributed by atoms with Crippen LogP contribution in [-0.2, 0) is 0 Å². The van der Waals surface area contributed by atoms with Gasteiger partial charge in [-0.15, -0.1) is 0 Å². The van der Waals surface area contributed by atoms with Crippen molar-refractivity contribution >= 4 is 23.3 Å². The number of H-pyrrole nitrogens is 1. The molecular formula is C16H17ClN8O. The third-order valence-electron chi connectivity index (χ3n) is 4.39. The van der Waals surface area contributed by atoms with E-state index in [4.69, 9.17) is 11.6 Å². The number of aromatic nitrogens is 6. The van der Waals surface area contributed by atoms with Gasteiger partial charge in [-0.05, 0) is 31.0 Å². The van der Waals surface area contributed by atoms with Crippen LogP contribution < -0.4 is 5.32 Å². The SMILES string of the molecule is O=C(Nc1ccc(-n2cncn2)c(Cl)c1)N1CCC[C@@H](c2ncn[nH]2)C1. The Labute approximate surface area is 154 Å². The van der Waals surface area contributed by atoms with Gasteiger partial charge >= 0.3 is 6.03 Å². The average molecular weight is 373 g/mol. The van der Waals surface area contributed by atoms with Crippen molar-refractivity contribution in [1.82, 2.24) is 34.8 Å². The fourth-order valence-corrected chi connectivity index (χ4v) is 3.37. The molecule has 1 aliphatic rings. The number of likely N-dealkylation sites (tertiary alicyclic amines) is 1. The van der Waals surface area contributed by atoms with Gasteiger partial charge in [-0.2, -0.15) is 10.2 Å². The highest BCUT2D eigenvalue weighted by atomic mass is 35.5. The van der Waals surface area contributed by atoms with E-state index < -0.39 is 0 Å². The summed E-state index contributed by atoms with van der Waals surface area (Å²) in [4.78, 5) is 22.5. The van der Waals surface area contributed by atoms with Crippen LogP contribution in [0.5, 0.6) is 0 Å². The van der Waals surface area contributed by atoms with Gasteiger partial charge in [0.05, 0.1) is 10.7 Å². The van der Waals surface area contributed by atoms with E-state index in [-0.39, 0.29) is 11.9 Å². The van der Waals surface area contributed by atoms with Gasteiger partial charge in [0.1, 0.15) is 24.8 Å². The first kappa shape index (κ1) is 16.5. The number of urea groups is 1. The van der Waals surface area contributed by atoms with Crippen molar-refractivity contribution in [2.75, 3.05) is 18.4 Å². The molecule has 0 unspecified atom stereocenters. The van der Waals surface area contributed by atoms with E-state index in [0.717, 1.165) is 18.7 Å². The number of nitrogens with zero attached hydrogens (tertiary/aromatic N) is 6. The topological polar surface area (TPSA) is 105 Å². The van der Waals surface area contributed by atoms with Crippen LogP contribution in [0.2, 0.25) is 5.02 Å². The van der Waals surface area contributed by atoms with Gasteiger partial charge in [0.15, 0.2) is 0 Å². The van der Waals surface area contributed by atoms with Crippen LogP contribution in [0, 0.1) is 0 Å². The second kappa shape index (κ2) is 7.12. The summed E-state index contributed by atoms with van der Waals surface area (Å²) in [6.45, 7) is 1.31. The molecule has 4 rings (SSSR count). The normalized spacial score (nSPS) is 17.3. The number of hydrogen-bond acceptors (Lipinski definition) is 5. The summed E-state index contributed by atoms with van der Waals surface area (Å²) >= 11 is 6.31. The van der Waals surface area contributed by atoms with Crippen molar-refractivity contribution < 1.29 is 4.79 Å². The van der Waals surface area contributed by atoms with Crippen LogP contribution in [0.3, 0.4) is 0 Å². The highest BCUT2D eigenvalue weighted by Gasteiger charge is 2.26. The maximum absolute atomic E-state index is 12.6. The van der Waals surface area contributed by atoms with Gasteiger partial charge in [0.2, 0.25) is 0 Å². The summed E-state index contributed by atoms with van der Waals surface area (Å²) in [5.41, 5.74) is 1.33. The minimum Gasteiger partial charge on any atom is -0.324 e. The molecule has 1 saturated heterocycles. The fourth-order valence-electron chi connectivity index (χ4n) is 3.10. The monoisotopic (exact) mass is 372 g/mol. The molecule has 9 nitrogen and oxygen atoms in total. The molecule has 3 heterocycles. The molecule has 1 fully saturated rings. The lowest BCUT2D eigenvalue weighted by molar-refractivity contribution is 0.191. The number of rotatable bonds is 3. The quantitative estimate of drug-likeness (QED) is 0.734. The second-order valence-corrected chi connectivity index (χ2v) is 6.50. The number of amides is 2. The van der Waals surface area contributed by atoms with Crippen molar-refractivity contribution in [3.63, 3.8) is 0 Å². The Morgan fingerprint density at radius 1 is 1.35 bits per heavy atom. The number of carbonyl (C=O) groups is 1. The molecule has 10 heteroatoms. The zero-order valence-corrected chi connectivity index (χ0v) is 14.6. The zero-order valence-electron chi connectivity index (χ0n) is 13.8. The summed E-state index contributed by atoms with van der Waals surface area (Å²) in [7, 11) is 0. The number of benzene rings is 1. The molecule has 134 valence electrons. The minimum atomic E-state index is -0.154. The van der Waals surface area contributed by atoms with Crippen LogP contribution in [0.4, 0.5) is 10.5 Å². The van der Waals surface area contributed by atoms with E-state index in [0.29, 0.717) is 29.5 Å². The van der Waals surface area contributed by atoms with Gasteiger partial charge in [-0.1, -0.05) is 11.6 Å². The van der Waals surface area contributed by atoms with Gasteiger partial charge < -0.3 is 10.2 Å². The predicted molar refractivity (Wildman–Crippen MR) is 95.3 cm³/mol. The number of carbonyl (C=O) groups excluding carboxylic acids is 1. The van der Waals surface area contributed by atoms with Gasteiger partial charge in [0.25, 0.3) is 0 Å². The first-order valence-corrected chi connectivity index (χ1v) is 8.64. The molecule has 1 aliphatic heterocycles. The minimum absolute atomic E-state index is 0.154. The summed E-state index contributed by atoms with van der Waals surface area (Å²) in [6, 6.07) is 5.13. The molecule has 3 aromatic rings. The third-order valence-corrected chi connectivity index (χ3v) is 4.70. The molecule has 0 saturated carbocycles. The third kappa shape index (κ3) is 3.38. The van der Waals surface area contributed by atoms with Crippen LogP contribution in [-0.4, -0.2) is 54.0 Å². The van der Waals surface area contributed by atoms with E-state index in [9.17, 15) is 4.79 Å². The predicted octanol–water partition coefficient (Wildman–Crippen LogP) is 2.45. The number of piperidine rings is 1. The average Bonchev–Trinajstić information content (AvgIpc) is 3.36. The lowest BCUT2D eigenvalue weighted by atomic mass is 9.98. The standard InChI is InChI=1S/C16H17ClN8O/c17-13-6-12(3-4-14(13)25-10-18-8-21-25)22-16(26)24-5-1-2-11(7-24)15-19-9-20-23-15/h3-4,6,8-11H,1-2,5,7H2,(H,22,26)(H,19,20,23)/t11-/m1/s1. The summed E-state index contributed by atoms with van der Waals surface area (Å²) in [5.74, 6) is 0.998. The number of nitrogens with one attached hydrogen (secondary N) is 2. The Balaban J connectivity index is 1.43. The van der Waals surface area contributed by atoms with Crippen molar-refractivity contribution in [3.8, 4) is 5.69 Å². The Kier molecular flexibility index (Phi) is 4.53. The molecule has 0 spiro atoms. The van der Waals surface area contributed by atoms with Crippen molar-refractivity contribution in [3.05, 3.63) is 48.0 Å². The number of anilines is 1. The molecular weight excluding hydrogens is 356 g/mol. The van der Waals surface area contributed by atoms with Crippen LogP contribution in [0.1, 0.15) is 24.6 Å². The lowest BCUT2D eigenvalue weighted by Crippen LogP contribution is -2.41. The van der Waals surface area contributed by atoms with E-state index in [1.165, 1.54) is 12.7 Å². The van der Waals surface area contributed by atoms with Crippen molar-refractivity contribution in [1.29, 1.82) is 0 Å². The number of aromatic amines is 1. The first-order chi connectivity index (χ1) is 12.7. The number of hydrogen-bond donors (Lipinski definition) is 2. The van der Waals surface area contributed by atoms with Gasteiger partial charge in [-0.25, -0.2) is 19.4 Å². The highest BCUT2D eigenvalue weighted by Crippen LogP contribution is 2.26. The maximum atomic E-state index is 12.6. The van der Waals surface area contributed by atoms with E-state index in [1.807, 2.05) is 0 Å². The summed E-state index contributed by atoms with van der Waals surface area (Å²) in [5, 5.41) is 14.2. The van der Waals surface area contributed by atoms with Crippen molar-refractivity contribution in [2.45, 2.75) is 18.8 Å². The second-order valence-electron chi connectivity index (χ2n) is 6.09. The first-order valence-electron chi connectivity index (χ1n) is 8.26. The highest BCUT2D eigenvalue weighted by molar-refractivity contribution is 6.32. The molecule has 2 aromatic heterocycles. The number of halogens is 1. The molecule has 26 heavy (non-hydrogen) atoms. The summed E-state index contributed by atoms with van der Waals surface area (Å²) < 4.78 is 1.57. The van der Waals surface area contributed by atoms with E-state index in [1.54, 1.807) is 34.1 Å². The Morgan fingerprint density at radius 3 is 3.00 bits per heavy atom. The summed E-state index contributed by atoms with van der Waals surface area (Å²) in [6.07, 6.45) is 6.40. The molecule has 0 aliphatic carbocycles. The lowest BCUT2D eigenvalue weighted by Gasteiger charge is -2.31. The molecule has 2 amide bonds. The van der Waals surface area contributed by atoms with Gasteiger partial charge in [0, 0.05) is 24.7 Å². The molecule has 2 N–H and O–H groups in total. The Bertz CT molecular complexity index is 880. The Hall–Kier alpha value is -2.94. The van der Waals surface area contributed by atoms with Gasteiger partial charge in [-0.3, -0.25) is 5.10 Å². The molecule has 1 atom stereocenters. The zero-order chi connectivity index (χ0) is 17.9. The van der Waals surface area contributed by atoms with E-state index >= 15 is 0 Å². The smallest absolute Gasteiger partial charge is 0.321 e. The Morgan fingerprint density at radius 2 is 2.27 bits per heavy atom. The van der Waals surface area contributed by atoms with Crippen LogP contribution >= 0.6 is 11.6 Å². The van der Waals surface area contributed by atoms with Crippen molar-refractivity contribution in [2.24, 2.45) is 0 Å². The van der Waals surface area contributed by atoms with Crippen LogP contribution in [0.25, 0.3) is 5.69 Å².